The van der Waals surface area contributed by atoms with Crippen LogP contribution in [0.4, 0.5) is 0 Å². The third kappa shape index (κ3) is 2.46. The van der Waals surface area contributed by atoms with E-state index in [1.165, 1.54) is 25.7 Å². The maximum atomic E-state index is 12.3. The van der Waals surface area contributed by atoms with Gasteiger partial charge in [-0.05, 0) is 49.1 Å². The van der Waals surface area contributed by atoms with E-state index in [1.54, 1.807) is 12.3 Å². The van der Waals surface area contributed by atoms with E-state index in [-0.39, 0.29) is 5.56 Å². The molecule has 0 saturated heterocycles. The highest BCUT2D eigenvalue weighted by Crippen LogP contribution is 2.38. The van der Waals surface area contributed by atoms with Gasteiger partial charge in [-0.25, -0.2) is 0 Å². The largest absolute Gasteiger partial charge is 0.464 e. The Balaban J connectivity index is 1.79. The highest BCUT2D eigenvalue weighted by Gasteiger charge is 2.27. The molecule has 3 nitrogen and oxygen atoms in total. The molecule has 102 valence electrons. The lowest BCUT2D eigenvalue weighted by Crippen LogP contribution is -2.28. The molecule has 0 bridgehead atoms. The Morgan fingerprint density at radius 2 is 2.05 bits per heavy atom. The van der Waals surface area contributed by atoms with E-state index in [9.17, 15) is 4.79 Å². The van der Waals surface area contributed by atoms with Gasteiger partial charge in [0.25, 0.3) is 5.56 Å². The summed E-state index contributed by atoms with van der Waals surface area (Å²) in [4.78, 5) is 12.3. The second-order valence-electron chi connectivity index (χ2n) is 6.58. The number of hydrogen-bond acceptors (Lipinski definition) is 2. The van der Waals surface area contributed by atoms with Crippen LogP contribution in [0.3, 0.4) is 0 Å². The summed E-state index contributed by atoms with van der Waals surface area (Å²) in [6, 6.07) is 3.65. The average Bonchev–Trinajstić information content (AvgIpc) is 2.84. The normalized spacial score (nSPS) is 19.9. The third-order valence-electron chi connectivity index (χ3n) is 4.51. The summed E-state index contributed by atoms with van der Waals surface area (Å²) in [6.07, 6.45) is 8.43. The lowest BCUT2D eigenvalue weighted by molar-refractivity contribution is 0.178. The molecule has 0 atom stereocenters. The molecule has 0 aromatic carbocycles. The van der Waals surface area contributed by atoms with Gasteiger partial charge in [0.15, 0.2) is 0 Å². The molecule has 1 aliphatic carbocycles. The molecule has 2 aromatic heterocycles. The van der Waals surface area contributed by atoms with Crippen LogP contribution >= 0.6 is 0 Å². The van der Waals surface area contributed by atoms with Gasteiger partial charge >= 0.3 is 0 Å². The Labute approximate surface area is 113 Å². The molecule has 1 saturated carbocycles. The number of pyridine rings is 1. The summed E-state index contributed by atoms with van der Waals surface area (Å²) in [5.74, 6) is 0.634. The highest BCUT2D eigenvalue weighted by molar-refractivity contribution is 5.75. The zero-order valence-corrected chi connectivity index (χ0v) is 11.7. The second kappa shape index (κ2) is 4.55. The maximum Gasteiger partial charge on any atom is 0.261 e. The van der Waals surface area contributed by atoms with Crippen LogP contribution in [0.25, 0.3) is 11.0 Å². The highest BCUT2D eigenvalue weighted by atomic mass is 16.3. The van der Waals surface area contributed by atoms with Crippen LogP contribution in [0, 0.1) is 11.3 Å². The molecule has 0 radical (unpaired) electrons. The quantitative estimate of drug-likeness (QED) is 0.822. The molecule has 3 heteroatoms. The van der Waals surface area contributed by atoms with Crippen molar-refractivity contribution in [1.29, 1.82) is 0 Å². The van der Waals surface area contributed by atoms with Crippen LogP contribution in [0.5, 0.6) is 0 Å². The molecular weight excluding hydrogens is 238 g/mol. The number of rotatable bonds is 2. The lowest BCUT2D eigenvalue weighted by Gasteiger charge is -2.34. The van der Waals surface area contributed by atoms with Gasteiger partial charge in [0, 0.05) is 12.7 Å². The fourth-order valence-corrected chi connectivity index (χ4v) is 3.07. The SMILES string of the molecule is CC1(C)CCC(Cn2ccc3occc3c2=O)CC1. The van der Waals surface area contributed by atoms with Gasteiger partial charge in [-0.3, -0.25) is 4.79 Å². The predicted octanol–water partition coefficient (Wildman–Crippen LogP) is 3.81. The second-order valence-corrected chi connectivity index (χ2v) is 6.58. The Morgan fingerprint density at radius 1 is 1.32 bits per heavy atom. The standard InChI is InChI=1S/C16H21NO2/c1-16(2)7-3-12(4-8-16)11-17-9-5-14-13(15(17)18)6-10-19-14/h5-6,9-10,12H,3-4,7-8,11H2,1-2H3. The topological polar surface area (TPSA) is 35.1 Å². The lowest BCUT2D eigenvalue weighted by atomic mass is 9.73. The van der Waals surface area contributed by atoms with Crippen molar-refractivity contribution < 1.29 is 4.42 Å². The van der Waals surface area contributed by atoms with Crippen molar-refractivity contribution in [3.05, 3.63) is 34.9 Å². The molecule has 0 N–H and O–H groups in total. The van der Waals surface area contributed by atoms with Crippen molar-refractivity contribution in [2.24, 2.45) is 11.3 Å². The van der Waals surface area contributed by atoms with Crippen LogP contribution in [0.1, 0.15) is 39.5 Å². The van der Waals surface area contributed by atoms with Gasteiger partial charge in [0.05, 0.1) is 11.6 Å². The van der Waals surface area contributed by atoms with Crippen molar-refractivity contribution in [3.8, 4) is 0 Å². The van der Waals surface area contributed by atoms with Crippen molar-refractivity contribution in [3.63, 3.8) is 0 Å². The van der Waals surface area contributed by atoms with E-state index in [1.807, 2.05) is 16.8 Å². The van der Waals surface area contributed by atoms with E-state index >= 15 is 0 Å². The number of fused-ring (bicyclic) bond motifs is 1. The first kappa shape index (κ1) is 12.5. The molecule has 19 heavy (non-hydrogen) atoms. The first-order valence-corrected chi connectivity index (χ1v) is 7.12. The minimum absolute atomic E-state index is 0.0797. The summed E-state index contributed by atoms with van der Waals surface area (Å²) in [5.41, 5.74) is 1.25. The third-order valence-corrected chi connectivity index (χ3v) is 4.51. The molecule has 0 aliphatic heterocycles. The fourth-order valence-electron chi connectivity index (χ4n) is 3.07. The van der Waals surface area contributed by atoms with Crippen LogP contribution < -0.4 is 5.56 Å². The van der Waals surface area contributed by atoms with Gasteiger partial charge in [-0.15, -0.1) is 0 Å². The van der Waals surface area contributed by atoms with Crippen LogP contribution in [0.2, 0.25) is 0 Å². The molecule has 0 amide bonds. The zero-order chi connectivity index (χ0) is 13.5. The van der Waals surface area contributed by atoms with Gasteiger partial charge in [-0.2, -0.15) is 0 Å². The van der Waals surface area contributed by atoms with Crippen molar-refractivity contribution in [1.82, 2.24) is 4.57 Å². The number of hydrogen-bond donors (Lipinski definition) is 0. The van der Waals surface area contributed by atoms with E-state index in [0.29, 0.717) is 22.3 Å². The predicted molar refractivity (Wildman–Crippen MR) is 76.2 cm³/mol. The van der Waals surface area contributed by atoms with Crippen molar-refractivity contribution in [2.45, 2.75) is 46.1 Å². The van der Waals surface area contributed by atoms with Gasteiger partial charge in [0.1, 0.15) is 5.58 Å². The van der Waals surface area contributed by atoms with Crippen LogP contribution in [0.15, 0.2) is 33.8 Å². The van der Waals surface area contributed by atoms with Gasteiger partial charge in [-0.1, -0.05) is 13.8 Å². The van der Waals surface area contributed by atoms with Gasteiger partial charge in [0.2, 0.25) is 0 Å². The number of furan rings is 1. The minimum Gasteiger partial charge on any atom is -0.464 e. The molecule has 3 rings (SSSR count). The molecule has 0 unspecified atom stereocenters. The maximum absolute atomic E-state index is 12.3. The smallest absolute Gasteiger partial charge is 0.261 e. The zero-order valence-electron chi connectivity index (χ0n) is 11.7. The number of nitrogens with zero attached hydrogens (tertiary/aromatic N) is 1. The molecule has 2 aromatic rings. The van der Waals surface area contributed by atoms with Crippen molar-refractivity contribution >= 4 is 11.0 Å². The van der Waals surface area contributed by atoms with E-state index in [4.69, 9.17) is 4.42 Å². The Hall–Kier alpha value is -1.51. The van der Waals surface area contributed by atoms with Crippen molar-refractivity contribution in [2.75, 3.05) is 0 Å². The molecular formula is C16H21NO2. The summed E-state index contributed by atoms with van der Waals surface area (Å²) >= 11 is 0. The average molecular weight is 259 g/mol. The van der Waals surface area contributed by atoms with Crippen LogP contribution in [-0.4, -0.2) is 4.57 Å². The molecule has 1 aliphatic rings. The number of aromatic nitrogens is 1. The molecule has 1 fully saturated rings. The summed E-state index contributed by atoms with van der Waals surface area (Å²) < 4.78 is 7.11. The summed E-state index contributed by atoms with van der Waals surface area (Å²) in [7, 11) is 0. The van der Waals surface area contributed by atoms with E-state index < -0.39 is 0 Å². The van der Waals surface area contributed by atoms with E-state index in [2.05, 4.69) is 13.8 Å². The van der Waals surface area contributed by atoms with Gasteiger partial charge < -0.3 is 8.98 Å². The Kier molecular flexibility index (Phi) is 3.00. The minimum atomic E-state index is 0.0797. The first-order chi connectivity index (χ1) is 9.05. The fraction of sp³-hybridized carbons (Fsp3) is 0.562. The first-order valence-electron chi connectivity index (χ1n) is 7.12. The Morgan fingerprint density at radius 3 is 2.79 bits per heavy atom. The Bertz CT molecular complexity index is 625. The molecule has 2 heterocycles. The monoisotopic (exact) mass is 259 g/mol. The summed E-state index contributed by atoms with van der Waals surface area (Å²) in [5, 5.41) is 0.693. The molecule has 0 spiro atoms. The summed E-state index contributed by atoms with van der Waals surface area (Å²) in [6.45, 7) is 5.52. The van der Waals surface area contributed by atoms with E-state index in [0.717, 1.165) is 6.54 Å². The van der Waals surface area contributed by atoms with Crippen LogP contribution in [-0.2, 0) is 6.54 Å².